The molecule has 0 bridgehead atoms. The summed E-state index contributed by atoms with van der Waals surface area (Å²) in [6.07, 6.45) is 2.28. The molecule has 1 atom stereocenters. The van der Waals surface area contributed by atoms with Gasteiger partial charge in [0.2, 0.25) is 5.54 Å². The maximum Gasteiger partial charge on any atom is 0.296 e. The van der Waals surface area contributed by atoms with Crippen molar-refractivity contribution in [2.24, 2.45) is 0 Å². The minimum Gasteiger partial charge on any atom is -0.456 e. The van der Waals surface area contributed by atoms with E-state index in [9.17, 15) is 0 Å². The number of fused-ring (bicyclic) bond motifs is 8. The molecule has 0 N–H and O–H groups in total. The first-order chi connectivity index (χ1) is 19.9. The molecule has 0 aliphatic carbocycles. The summed E-state index contributed by atoms with van der Waals surface area (Å²) in [5, 5.41) is 5.07. The quantitative estimate of drug-likeness (QED) is 0.191. The van der Waals surface area contributed by atoms with E-state index in [-0.39, 0.29) is 0 Å². The highest BCUT2D eigenvalue weighted by Gasteiger charge is 2.59. The van der Waals surface area contributed by atoms with Crippen LogP contribution in [0.25, 0.3) is 55.1 Å². The summed E-state index contributed by atoms with van der Waals surface area (Å²) in [7, 11) is 0. The molecule has 0 saturated heterocycles. The van der Waals surface area contributed by atoms with Crippen molar-refractivity contribution in [1.82, 2.24) is 9.13 Å². The van der Waals surface area contributed by atoms with Crippen LogP contribution in [0, 0.1) is 0 Å². The van der Waals surface area contributed by atoms with Crippen molar-refractivity contribution >= 4 is 43.7 Å². The monoisotopic (exact) mass is 510 g/mol. The lowest BCUT2D eigenvalue weighted by Gasteiger charge is -2.44. The van der Waals surface area contributed by atoms with Crippen molar-refractivity contribution in [2.45, 2.75) is 5.54 Å². The second-order valence-electron chi connectivity index (χ2n) is 11.1. The van der Waals surface area contributed by atoms with Crippen molar-refractivity contribution in [2.75, 3.05) is 0 Å². The number of hydrogen-bond acceptors (Lipinski definition) is 1. The Labute approximate surface area is 228 Å². The minimum absolute atomic E-state index is 0.593. The summed E-state index contributed by atoms with van der Waals surface area (Å²) >= 11 is 0. The fraction of sp³-hybridized carbons (Fsp3) is 0.0278. The van der Waals surface area contributed by atoms with Gasteiger partial charge in [0.1, 0.15) is 22.7 Å². The third-order valence-electron chi connectivity index (χ3n) is 9.49. The summed E-state index contributed by atoms with van der Waals surface area (Å²) in [6.45, 7) is 0. The van der Waals surface area contributed by atoms with Crippen molar-refractivity contribution < 1.29 is 9.30 Å². The van der Waals surface area contributed by atoms with Gasteiger partial charge < -0.3 is 9.30 Å². The molecule has 0 fully saturated rings. The van der Waals surface area contributed by atoms with E-state index in [0.29, 0.717) is 0 Å². The van der Waals surface area contributed by atoms with Crippen molar-refractivity contribution in [1.29, 1.82) is 0 Å². The second kappa shape index (κ2) is 6.27. The Kier molecular flexibility index (Phi) is 3.08. The van der Waals surface area contributed by atoms with Crippen LogP contribution in [-0.2, 0) is 5.54 Å². The number of nitrogens with zero attached hydrogens (tertiary/aromatic N) is 3. The van der Waals surface area contributed by atoms with E-state index in [1.54, 1.807) is 0 Å². The zero-order valence-corrected chi connectivity index (χ0v) is 21.3. The first kappa shape index (κ1) is 19.7. The van der Waals surface area contributed by atoms with Gasteiger partial charge in [-0.15, -0.1) is 0 Å². The molecular weight excluding hydrogens is 490 g/mol. The van der Waals surface area contributed by atoms with Crippen molar-refractivity contribution in [3.63, 3.8) is 0 Å². The van der Waals surface area contributed by atoms with Gasteiger partial charge in [0.15, 0.2) is 0 Å². The average molecular weight is 511 g/mol. The van der Waals surface area contributed by atoms with Crippen LogP contribution in [0.3, 0.4) is 0 Å². The lowest BCUT2D eigenvalue weighted by molar-refractivity contribution is -0.714. The van der Waals surface area contributed by atoms with Gasteiger partial charge >= 0.3 is 0 Å². The van der Waals surface area contributed by atoms with Gasteiger partial charge in [0, 0.05) is 21.7 Å². The number of aromatic nitrogens is 3. The van der Waals surface area contributed by atoms with Crippen LogP contribution >= 0.6 is 0 Å². The van der Waals surface area contributed by atoms with E-state index >= 15 is 0 Å². The molecule has 4 nitrogen and oxygen atoms in total. The third kappa shape index (κ3) is 1.86. The summed E-state index contributed by atoms with van der Waals surface area (Å²) < 4.78 is 14.3. The van der Waals surface area contributed by atoms with Crippen LogP contribution in [0.4, 0.5) is 0 Å². The highest BCUT2D eigenvalue weighted by Crippen LogP contribution is 2.60. The largest absolute Gasteiger partial charge is 0.456 e. The number of para-hydroxylation sites is 3. The number of hydrogen-bond donors (Lipinski definition) is 0. The van der Waals surface area contributed by atoms with Crippen LogP contribution in [0.2, 0.25) is 0 Å². The molecule has 0 radical (unpaired) electrons. The predicted molar refractivity (Wildman–Crippen MR) is 157 cm³/mol. The maximum absolute atomic E-state index is 6.82. The molecule has 5 aromatic carbocycles. The average Bonchev–Trinajstić information content (AvgIpc) is 3.53. The zero-order valence-electron chi connectivity index (χ0n) is 21.3. The molecule has 40 heavy (non-hydrogen) atoms. The molecular formula is C36H20N3O+. The van der Waals surface area contributed by atoms with E-state index in [2.05, 4.69) is 135 Å². The molecule has 3 aliphatic rings. The van der Waals surface area contributed by atoms with Gasteiger partial charge in [-0.2, -0.15) is 4.57 Å². The zero-order chi connectivity index (χ0) is 25.7. The lowest BCUT2D eigenvalue weighted by Crippen LogP contribution is -2.63. The standard InChI is InChI=1S/C36H20N3O/c1-3-14-26-21(9-1)23-11-5-13-25-34(23)38(26)28-16-6-18-30-32(28)36(25)33-29(17-7-19-31(33)40-30)39-27-15-4-2-10-22(27)24-12-8-20-37(36)35(24)39/h1-20H/q+1. The molecule has 184 valence electrons. The van der Waals surface area contributed by atoms with E-state index in [0.717, 1.165) is 11.5 Å². The Hall–Kier alpha value is -5.35. The van der Waals surface area contributed by atoms with Crippen LogP contribution in [0.5, 0.6) is 11.5 Å². The van der Waals surface area contributed by atoms with Gasteiger partial charge in [0.05, 0.1) is 39.4 Å². The second-order valence-corrected chi connectivity index (χ2v) is 11.1. The molecule has 3 aliphatic heterocycles. The Morgan fingerprint density at radius 1 is 0.525 bits per heavy atom. The molecule has 4 heteroatoms. The van der Waals surface area contributed by atoms with Crippen molar-refractivity contribution in [3.8, 4) is 22.9 Å². The molecule has 0 amide bonds. The predicted octanol–water partition coefficient (Wildman–Crippen LogP) is 7.74. The van der Waals surface area contributed by atoms with E-state index < -0.39 is 5.54 Å². The van der Waals surface area contributed by atoms with Gasteiger partial charge in [-0.3, -0.25) is 0 Å². The van der Waals surface area contributed by atoms with Gasteiger partial charge in [-0.1, -0.05) is 60.7 Å². The van der Waals surface area contributed by atoms with Gasteiger partial charge in [-0.05, 0) is 54.6 Å². The van der Waals surface area contributed by atoms with Crippen LogP contribution in [0.15, 0.2) is 121 Å². The van der Waals surface area contributed by atoms with Crippen molar-refractivity contribution in [3.05, 3.63) is 138 Å². The summed E-state index contributed by atoms with van der Waals surface area (Å²) in [4.78, 5) is 0. The highest BCUT2D eigenvalue weighted by atomic mass is 16.5. The maximum atomic E-state index is 6.82. The fourth-order valence-corrected chi connectivity index (χ4v) is 8.22. The first-order valence-corrected chi connectivity index (χ1v) is 13.8. The van der Waals surface area contributed by atoms with E-state index in [4.69, 9.17) is 4.74 Å². The number of rotatable bonds is 0. The smallest absolute Gasteiger partial charge is 0.296 e. The first-order valence-electron chi connectivity index (χ1n) is 13.8. The minimum atomic E-state index is -0.593. The Balaban J connectivity index is 1.50. The Morgan fingerprint density at radius 3 is 1.90 bits per heavy atom. The SMILES string of the molecule is c1cc2c3c(c1)-n1c4ccccc4c4cccc(c41)C31c3c(cccc3-n3c4ccccc4c4ccc[n+]1c43)O2. The van der Waals surface area contributed by atoms with E-state index in [1.807, 2.05) is 0 Å². The third-order valence-corrected chi connectivity index (χ3v) is 9.49. The fourth-order valence-electron chi connectivity index (χ4n) is 8.22. The van der Waals surface area contributed by atoms with Crippen LogP contribution in [-0.4, -0.2) is 9.13 Å². The highest BCUT2D eigenvalue weighted by molar-refractivity contribution is 6.12. The van der Waals surface area contributed by atoms with Crippen LogP contribution < -0.4 is 9.30 Å². The molecule has 0 saturated carbocycles. The van der Waals surface area contributed by atoms with Gasteiger partial charge in [-0.25, -0.2) is 4.57 Å². The molecule has 1 spiro atoms. The molecule has 6 heterocycles. The number of benzene rings is 5. The molecule has 3 aromatic heterocycles. The molecule has 8 aromatic rings. The lowest BCUT2D eigenvalue weighted by atomic mass is 9.70. The number of pyridine rings is 1. The Morgan fingerprint density at radius 2 is 1.12 bits per heavy atom. The van der Waals surface area contributed by atoms with Gasteiger partial charge in [0.25, 0.3) is 5.65 Å². The normalized spacial score (nSPS) is 17.3. The van der Waals surface area contributed by atoms with Crippen LogP contribution in [0.1, 0.15) is 16.7 Å². The summed E-state index contributed by atoms with van der Waals surface area (Å²) in [5.74, 6) is 1.83. The Bertz CT molecular complexity index is 2300. The topological polar surface area (TPSA) is 23.0 Å². The molecule has 1 unspecified atom stereocenters. The summed E-state index contributed by atoms with van der Waals surface area (Å²) in [6, 6.07) is 42.0. The van der Waals surface area contributed by atoms with E-state index in [1.165, 1.54) is 71.8 Å². The number of ether oxygens (including phenoxy) is 1. The molecule has 11 rings (SSSR count). The summed E-state index contributed by atoms with van der Waals surface area (Å²) in [5.41, 5.74) is 10.4.